The number of halogens is 5. The molecule has 5 rings (SSSR count). The van der Waals surface area contributed by atoms with Crippen molar-refractivity contribution >= 4 is 17.0 Å². The third-order valence-corrected chi connectivity index (χ3v) is 5.38. The van der Waals surface area contributed by atoms with E-state index in [2.05, 4.69) is 40.8 Å². The van der Waals surface area contributed by atoms with Crippen LogP contribution in [0.25, 0.3) is 11.2 Å². The van der Waals surface area contributed by atoms with E-state index < -0.39 is 43.2 Å². The number of hydrogen-bond acceptors (Lipinski definition) is 9. The first-order chi connectivity index (χ1) is 15.1. The molecule has 2 aliphatic rings. The second-order valence-electron chi connectivity index (χ2n) is 7.90. The Kier molecular flexibility index (Phi) is 4.63. The summed E-state index contributed by atoms with van der Waals surface area (Å²) in [4.78, 5) is 10.5. The van der Waals surface area contributed by atoms with Gasteiger partial charge in [0.05, 0.1) is 6.54 Å². The molecule has 0 radical (unpaired) electrons. The van der Waals surface area contributed by atoms with E-state index in [0.717, 1.165) is 19.8 Å². The molecule has 3 aromatic rings. The molecule has 32 heavy (non-hydrogen) atoms. The van der Waals surface area contributed by atoms with Crippen molar-refractivity contribution in [1.29, 1.82) is 0 Å². The van der Waals surface area contributed by atoms with Crippen LogP contribution in [0.5, 0.6) is 6.01 Å². The van der Waals surface area contributed by atoms with Gasteiger partial charge in [-0.1, -0.05) is 5.21 Å². The van der Waals surface area contributed by atoms with Crippen molar-refractivity contribution < 1.29 is 26.7 Å². The number of fused-ring (bicyclic) bond motifs is 1. The molecule has 1 aliphatic heterocycles. The van der Waals surface area contributed by atoms with Gasteiger partial charge in [-0.05, 0) is 25.7 Å². The Morgan fingerprint density at radius 2 is 1.97 bits per heavy atom. The van der Waals surface area contributed by atoms with Crippen LogP contribution in [0.3, 0.4) is 0 Å². The Bertz CT molecular complexity index is 1110. The fourth-order valence-electron chi connectivity index (χ4n) is 3.54. The zero-order valence-corrected chi connectivity index (χ0v) is 16.6. The highest BCUT2D eigenvalue weighted by Gasteiger charge is 2.42. The van der Waals surface area contributed by atoms with Gasteiger partial charge in [0.25, 0.3) is 5.92 Å². The van der Waals surface area contributed by atoms with Crippen LogP contribution in [0.4, 0.5) is 27.8 Å². The first-order valence-corrected chi connectivity index (χ1v) is 9.85. The standard InChI is InChI=1S/C16H17F5N10O/c1-7(16(19,20)21)32-14-22-11-9(13(23-14)30-5-4-15(17,18)6-30)26-31(27-11)10(8-2-3-8)12-24-28-29-25-12/h7-8,10H,2-6H2,1H3,(H,24,25,28,29)/t7-,10?/m0/s1. The molecule has 1 unspecified atom stereocenters. The molecule has 0 spiro atoms. The number of anilines is 1. The van der Waals surface area contributed by atoms with Crippen LogP contribution in [-0.2, 0) is 0 Å². The molecule has 1 saturated heterocycles. The van der Waals surface area contributed by atoms with E-state index in [1.165, 1.54) is 9.70 Å². The number of aromatic nitrogens is 9. The van der Waals surface area contributed by atoms with E-state index in [4.69, 9.17) is 4.74 Å². The van der Waals surface area contributed by atoms with Crippen molar-refractivity contribution in [2.75, 3.05) is 18.0 Å². The number of hydrogen-bond donors (Lipinski definition) is 1. The van der Waals surface area contributed by atoms with Crippen LogP contribution in [0, 0.1) is 5.92 Å². The third kappa shape index (κ3) is 3.88. The zero-order chi connectivity index (χ0) is 22.7. The highest BCUT2D eigenvalue weighted by molar-refractivity contribution is 5.83. The largest absolute Gasteiger partial charge is 0.451 e. The Balaban J connectivity index is 1.58. The summed E-state index contributed by atoms with van der Waals surface area (Å²) in [6, 6.07) is -1.11. The average molecular weight is 460 g/mol. The van der Waals surface area contributed by atoms with Crippen molar-refractivity contribution in [1.82, 2.24) is 45.6 Å². The molecule has 1 N–H and O–H groups in total. The summed E-state index contributed by atoms with van der Waals surface area (Å²) in [6.07, 6.45) is -5.56. The number of H-pyrrole nitrogens is 1. The maximum atomic E-state index is 13.8. The van der Waals surface area contributed by atoms with Gasteiger partial charge < -0.3 is 9.64 Å². The molecular weight excluding hydrogens is 443 g/mol. The van der Waals surface area contributed by atoms with Crippen LogP contribution in [0.15, 0.2) is 0 Å². The first-order valence-electron chi connectivity index (χ1n) is 9.85. The van der Waals surface area contributed by atoms with Crippen LogP contribution in [0.2, 0.25) is 0 Å². The monoisotopic (exact) mass is 460 g/mol. The van der Waals surface area contributed by atoms with Crippen LogP contribution in [0.1, 0.15) is 38.1 Å². The fourth-order valence-corrected chi connectivity index (χ4v) is 3.54. The normalized spacial score (nSPS) is 20.6. The Labute approximate surface area is 176 Å². The van der Waals surface area contributed by atoms with Gasteiger partial charge in [0.15, 0.2) is 17.4 Å². The van der Waals surface area contributed by atoms with E-state index in [1.54, 1.807) is 0 Å². The van der Waals surface area contributed by atoms with E-state index in [-0.39, 0.29) is 29.4 Å². The number of rotatable bonds is 6. The molecule has 2 fully saturated rings. The lowest BCUT2D eigenvalue weighted by atomic mass is 10.2. The van der Waals surface area contributed by atoms with Gasteiger partial charge in [0, 0.05) is 13.0 Å². The number of nitrogens with zero attached hydrogens (tertiary/aromatic N) is 9. The van der Waals surface area contributed by atoms with E-state index in [1.807, 2.05) is 0 Å². The molecule has 3 aromatic heterocycles. The lowest BCUT2D eigenvalue weighted by Gasteiger charge is -2.19. The maximum absolute atomic E-state index is 13.8. The Morgan fingerprint density at radius 3 is 2.56 bits per heavy atom. The summed E-state index contributed by atoms with van der Waals surface area (Å²) in [7, 11) is 0. The van der Waals surface area contributed by atoms with Gasteiger partial charge in [0.2, 0.25) is 11.5 Å². The molecule has 2 atom stereocenters. The van der Waals surface area contributed by atoms with Crippen LogP contribution in [-0.4, -0.2) is 76.9 Å². The van der Waals surface area contributed by atoms with E-state index in [0.29, 0.717) is 5.82 Å². The molecular formula is C16H17F5N10O. The molecule has 4 heterocycles. The lowest BCUT2D eigenvalue weighted by molar-refractivity contribution is -0.190. The number of alkyl halides is 5. The predicted molar refractivity (Wildman–Crippen MR) is 96.1 cm³/mol. The molecule has 0 bridgehead atoms. The van der Waals surface area contributed by atoms with Gasteiger partial charge >= 0.3 is 12.2 Å². The van der Waals surface area contributed by atoms with Gasteiger partial charge in [-0.2, -0.15) is 33.1 Å². The molecule has 1 saturated carbocycles. The zero-order valence-electron chi connectivity index (χ0n) is 16.6. The van der Waals surface area contributed by atoms with Crippen LogP contribution < -0.4 is 9.64 Å². The van der Waals surface area contributed by atoms with E-state index >= 15 is 0 Å². The summed E-state index contributed by atoms with van der Waals surface area (Å²) >= 11 is 0. The van der Waals surface area contributed by atoms with Gasteiger partial charge in [0.1, 0.15) is 6.04 Å². The molecule has 1 aliphatic carbocycles. The van der Waals surface area contributed by atoms with Gasteiger partial charge in [-0.15, -0.1) is 20.4 Å². The summed E-state index contributed by atoms with van der Waals surface area (Å²) in [5.41, 5.74) is -0.00686. The van der Waals surface area contributed by atoms with Crippen molar-refractivity contribution in [3.63, 3.8) is 0 Å². The molecule has 11 nitrogen and oxygen atoms in total. The number of tetrazole rings is 1. The highest BCUT2D eigenvalue weighted by Crippen LogP contribution is 2.42. The van der Waals surface area contributed by atoms with Crippen LogP contribution >= 0.6 is 0 Å². The smallest absolute Gasteiger partial charge is 0.425 e. The van der Waals surface area contributed by atoms with Gasteiger partial charge in [-0.25, -0.2) is 8.78 Å². The topological polar surface area (TPSA) is 123 Å². The second-order valence-corrected chi connectivity index (χ2v) is 7.90. The first kappa shape index (κ1) is 20.7. The quantitative estimate of drug-likeness (QED) is 0.550. The third-order valence-electron chi connectivity index (χ3n) is 5.38. The van der Waals surface area contributed by atoms with Crippen molar-refractivity contribution in [3.05, 3.63) is 5.82 Å². The maximum Gasteiger partial charge on any atom is 0.425 e. The summed E-state index contributed by atoms with van der Waals surface area (Å²) in [5.74, 6) is -2.57. The van der Waals surface area contributed by atoms with E-state index in [9.17, 15) is 22.0 Å². The SMILES string of the molecule is C[C@H](Oc1nc(N2CCC(F)(F)C2)c2nn(C(c3nn[nH]n3)C3CC3)nc2n1)C(F)(F)F. The molecule has 0 amide bonds. The Hall–Kier alpha value is -3.20. The summed E-state index contributed by atoms with van der Waals surface area (Å²) < 4.78 is 71.5. The van der Waals surface area contributed by atoms with Gasteiger partial charge in [-0.3, -0.25) is 0 Å². The molecule has 172 valence electrons. The number of aromatic amines is 1. The Morgan fingerprint density at radius 1 is 1.19 bits per heavy atom. The summed E-state index contributed by atoms with van der Waals surface area (Å²) in [6.45, 7) is 0.0850. The molecule has 16 heteroatoms. The fraction of sp³-hybridized carbons (Fsp3) is 0.688. The number of ether oxygens (including phenoxy) is 1. The van der Waals surface area contributed by atoms with Crippen molar-refractivity contribution in [2.24, 2.45) is 5.92 Å². The average Bonchev–Trinajstić information content (AvgIpc) is 3.09. The minimum atomic E-state index is -4.66. The lowest BCUT2D eigenvalue weighted by Crippen LogP contribution is -2.32. The predicted octanol–water partition coefficient (Wildman–Crippen LogP) is 1.91. The number of nitrogens with one attached hydrogen (secondary N) is 1. The van der Waals surface area contributed by atoms with Crippen molar-refractivity contribution in [3.8, 4) is 6.01 Å². The molecule has 0 aromatic carbocycles. The summed E-state index contributed by atoms with van der Waals surface area (Å²) in [5, 5.41) is 22.5. The van der Waals surface area contributed by atoms with Crippen molar-refractivity contribution in [2.45, 2.75) is 50.4 Å². The minimum absolute atomic E-state index is 0.0584. The second kappa shape index (κ2) is 7.16. The minimum Gasteiger partial charge on any atom is -0.451 e. The highest BCUT2D eigenvalue weighted by atomic mass is 19.4.